The highest BCUT2D eigenvalue weighted by atomic mass is 16.5. The van der Waals surface area contributed by atoms with Crippen molar-refractivity contribution < 1.29 is 19.1 Å². The Bertz CT molecular complexity index is 585. The number of nitrogens with two attached hydrogens (primary N) is 1. The monoisotopic (exact) mass is 319 g/mol. The summed E-state index contributed by atoms with van der Waals surface area (Å²) in [7, 11) is 0. The molecule has 0 aromatic heterocycles. The van der Waals surface area contributed by atoms with Gasteiger partial charge in [-0.2, -0.15) is 0 Å². The van der Waals surface area contributed by atoms with Crippen molar-refractivity contribution in [3.05, 3.63) is 29.8 Å². The van der Waals surface area contributed by atoms with E-state index in [4.69, 9.17) is 10.5 Å². The average Bonchev–Trinajstić information content (AvgIpc) is 2.53. The molecule has 1 aromatic carbocycles. The smallest absolute Gasteiger partial charge is 0.338 e. The number of carbonyl (C=O) groups excluding carboxylic acids is 3. The summed E-state index contributed by atoms with van der Waals surface area (Å²) in [6.07, 6.45) is 3.09. The van der Waals surface area contributed by atoms with Gasteiger partial charge in [0.1, 0.15) is 0 Å². The van der Waals surface area contributed by atoms with Gasteiger partial charge >= 0.3 is 12.0 Å². The van der Waals surface area contributed by atoms with Gasteiger partial charge in [-0.3, -0.25) is 4.79 Å². The van der Waals surface area contributed by atoms with Crippen molar-refractivity contribution in [2.75, 3.05) is 18.5 Å². The zero-order chi connectivity index (χ0) is 16.8. The van der Waals surface area contributed by atoms with E-state index in [0.717, 1.165) is 19.3 Å². The van der Waals surface area contributed by atoms with E-state index < -0.39 is 12.0 Å². The predicted octanol–water partition coefficient (Wildman–Crippen LogP) is 1.73. The van der Waals surface area contributed by atoms with Crippen molar-refractivity contribution in [1.29, 1.82) is 0 Å². The molecule has 23 heavy (non-hydrogen) atoms. The van der Waals surface area contributed by atoms with Gasteiger partial charge < -0.3 is 20.7 Å². The van der Waals surface area contributed by atoms with Gasteiger partial charge in [-0.25, -0.2) is 9.59 Å². The van der Waals surface area contributed by atoms with Gasteiger partial charge in [0.2, 0.25) is 0 Å². The van der Waals surface area contributed by atoms with E-state index in [0.29, 0.717) is 17.8 Å². The fraction of sp³-hybridized carbons (Fsp3) is 0.438. The van der Waals surface area contributed by atoms with Crippen LogP contribution in [0.15, 0.2) is 24.3 Å². The topological polar surface area (TPSA) is 102 Å². The second kappa shape index (κ2) is 7.62. The third kappa shape index (κ3) is 4.70. The van der Waals surface area contributed by atoms with Gasteiger partial charge in [-0.05, 0) is 50.5 Å². The van der Waals surface area contributed by atoms with E-state index >= 15 is 0 Å². The Morgan fingerprint density at radius 3 is 2.57 bits per heavy atom. The number of carbonyl (C=O) groups is 3. The number of amides is 3. The first-order valence-corrected chi connectivity index (χ1v) is 7.60. The number of ether oxygens (including phenoxy) is 1. The molecule has 1 aliphatic heterocycles. The number of benzene rings is 1. The van der Waals surface area contributed by atoms with Crippen molar-refractivity contribution in [3.8, 4) is 0 Å². The molecule has 1 aliphatic rings. The molecule has 7 heteroatoms. The van der Waals surface area contributed by atoms with Crippen LogP contribution in [0.5, 0.6) is 0 Å². The minimum Gasteiger partial charge on any atom is -0.452 e. The number of nitrogens with zero attached hydrogens (tertiary/aromatic N) is 1. The van der Waals surface area contributed by atoms with E-state index in [1.807, 2.05) is 6.92 Å². The molecule has 124 valence electrons. The third-order valence-electron chi connectivity index (χ3n) is 3.84. The summed E-state index contributed by atoms with van der Waals surface area (Å²) >= 11 is 0. The van der Waals surface area contributed by atoms with Crippen molar-refractivity contribution >= 4 is 23.6 Å². The van der Waals surface area contributed by atoms with Crippen LogP contribution in [0.1, 0.15) is 36.5 Å². The Kier molecular flexibility index (Phi) is 5.56. The Balaban J connectivity index is 1.86. The first-order valence-electron chi connectivity index (χ1n) is 7.60. The van der Waals surface area contributed by atoms with Crippen molar-refractivity contribution in [1.82, 2.24) is 4.90 Å². The summed E-state index contributed by atoms with van der Waals surface area (Å²) in [5, 5.41) is 2.39. The number of urea groups is 1. The zero-order valence-electron chi connectivity index (χ0n) is 13.1. The molecule has 3 N–H and O–H groups in total. The lowest BCUT2D eigenvalue weighted by atomic mass is 10.0. The summed E-state index contributed by atoms with van der Waals surface area (Å²) < 4.78 is 5.07. The molecule has 0 radical (unpaired) electrons. The summed E-state index contributed by atoms with van der Waals surface area (Å²) in [4.78, 5) is 36.5. The number of esters is 1. The number of rotatable bonds is 4. The van der Waals surface area contributed by atoms with Gasteiger partial charge in [-0.15, -0.1) is 0 Å². The summed E-state index contributed by atoms with van der Waals surface area (Å²) in [6, 6.07) is 5.59. The third-order valence-corrected chi connectivity index (χ3v) is 3.84. The molecule has 3 amide bonds. The highest BCUT2D eigenvalue weighted by Gasteiger charge is 2.24. The summed E-state index contributed by atoms with van der Waals surface area (Å²) in [5.41, 5.74) is 5.79. The maximum atomic E-state index is 12.1. The van der Waals surface area contributed by atoms with Gasteiger partial charge in [0, 0.05) is 18.3 Å². The van der Waals surface area contributed by atoms with Crippen LogP contribution in [0, 0.1) is 0 Å². The summed E-state index contributed by atoms with van der Waals surface area (Å²) in [6.45, 7) is 2.46. The minimum absolute atomic E-state index is 0.169. The van der Waals surface area contributed by atoms with Crippen molar-refractivity contribution in [2.24, 2.45) is 5.73 Å². The molecule has 1 fully saturated rings. The molecular weight excluding hydrogens is 298 g/mol. The van der Waals surface area contributed by atoms with E-state index in [2.05, 4.69) is 5.32 Å². The number of piperidine rings is 1. The number of hydrogen-bond donors (Lipinski definition) is 2. The standard InChI is InChI=1S/C16H21N3O4/c1-11-4-2-3-9-19(11)14(20)10-23-15(21)12-5-7-13(8-6-12)18-16(17)22/h5-8,11H,2-4,9-10H2,1H3,(H3,17,18,22)/t11-/m1/s1. The van der Waals surface area contributed by atoms with E-state index in [1.165, 1.54) is 24.3 Å². The molecule has 1 aromatic rings. The number of hydrogen-bond acceptors (Lipinski definition) is 4. The van der Waals surface area contributed by atoms with E-state index in [9.17, 15) is 14.4 Å². The van der Waals surface area contributed by atoms with Crippen molar-refractivity contribution in [2.45, 2.75) is 32.2 Å². The molecule has 0 saturated carbocycles. The van der Waals surface area contributed by atoms with Crippen LogP contribution in [-0.4, -0.2) is 42.0 Å². The molecule has 1 atom stereocenters. The Morgan fingerprint density at radius 1 is 1.26 bits per heavy atom. The minimum atomic E-state index is -0.679. The number of nitrogens with one attached hydrogen (secondary N) is 1. The highest BCUT2D eigenvalue weighted by Crippen LogP contribution is 2.16. The molecule has 1 heterocycles. The first kappa shape index (κ1) is 16.8. The van der Waals surface area contributed by atoms with Crippen LogP contribution in [0.25, 0.3) is 0 Å². The Morgan fingerprint density at radius 2 is 1.96 bits per heavy atom. The lowest BCUT2D eigenvalue weighted by molar-refractivity contribution is -0.137. The van der Waals surface area contributed by atoms with Gasteiger partial charge in [0.15, 0.2) is 6.61 Å². The highest BCUT2D eigenvalue weighted by molar-refractivity contribution is 5.93. The maximum absolute atomic E-state index is 12.1. The van der Waals surface area contributed by atoms with Crippen LogP contribution in [0.4, 0.5) is 10.5 Å². The maximum Gasteiger partial charge on any atom is 0.338 e. The Hall–Kier alpha value is -2.57. The predicted molar refractivity (Wildman–Crippen MR) is 85.0 cm³/mol. The average molecular weight is 319 g/mol. The van der Waals surface area contributed by atoms with Crippen LogP contribution < -0.4 is 11.1 Å². The fourth-order valence-electron chi connectivity index (χ4n) is 2.59. The largest absolute Gasteiger partial charge is 0.452 e. The second-order valence-corrected chi connectivity index (χ2v) is 5.57. The second-order valence-electron chi connectivity index (χ2n) is 5.57. The van der Waals surface area contributed by atoms with Gasteiger partial charge in [0.05, 0.1) is 5.56 Å². The van der Waals surface area contributed by atoms with Gasteiger partial charge in [0.25, 0.3) is 5.91 Å². The number of anilines is 1. The molecule has 0 spiro atoms. The SMILES string of the molecule is C[C@@H]1CCCCN1C(=O)COC(=O)c1ccc(NC(N)=O)cc1. The Labute approximate surface area is 134 Å². The lowest BCUT2D eigenvalue weighted by Crippen LogP contribution is -2.44. The summed E-state index contributed by atoms with van der Waals surface area (Å²) in [5.74, 6) is -0.744. The van der Waals surface area contributed by atoms with Crippen LogP contribution in [-0.2, 0) is 9.53 Å². The van der Waals surface area contributed by atoms with Crippen LogP contribution in [0.2, 0.25) is 0 Å². The zero-order valence-corrected chi connectivity index (χ0v) is 13.1. The molecule has 0 aliphatic carbocycles. The number of likely N-dealkylation sites (tertiary alicyclic amines) is 1. The van der Waals surface area contributed by atoms with Crippen molar-refractivity contribution in [3.63, 3.8) is 0 Å². The van der Waals surface area contributed by atoms with E-state index in [-0.39, 0.29) is 18.6 Å². The first-order chi connectivity index (χ1) is 11.0. The molecule has 0 unspecified atom stereocenters. The molecule has 7 nitrogen and oxygen atoms in total. The van der Waals surface area contributed by atoms with Gasteiger partial charge in [-0.1, -0.05) is 0 Å². The fourth-order valence-corrected chi connectivity index (χ4v) is 2.59. The number of primary amides is 1. The molecule has 1 saturated heterocycles. The lowest BCUT2D eigenvalue weighted by Gasteiger charge is -2.33. The quantitative estimate of drug-likeness (QED) is 0.825. The van der Waals surface area contributed by atoms with Crippen LogP contribution in [0.3, 0.4) is 0 Å². The van der Waals surface area contributed by atoms with Crippen LogP contribution >= 0.6 is 0 Å². The molecule has 0 bridgehead atoms. The molecular formula is C16H21N3O4. The molecule has 2 rings (SSSR count). The normalized spacial score (nSPS) is 17.4. The van der Waals surface area contributed by atoms with E-state index in [1.54, 1.807) is 4.90 Å².